The molecule has 0 aromatic heterocycles. The van der Waals surface area contributed by atoms with Gasteiger partial charge in [0.1, 0.15) is 18.3 Å². The smallest absolute Gasteiger partial charge is 0.187 e. The Labute approximate surface area is 208 Å². The summed E-state index contributed by atoms with van der Waals surface area (Å²) < 4.78 is 31.6. The van der Waals surface area contributed by atoms with Crippen LogP contribution in [0.1, 0.15) is 23.6 Å². The molecule has 3 aromatic rings. The van der Waals surface area contributed by atoms with E-state index in [4.69, 9.17) is 23.7 Å². The lowest BCUT2D eigenvalue weighted by molar-refractivity contribution is -0.318. The zero-order valence-electron chi connectivity index (χ0n) is 20.2. The van der Waals surface area contributed by atoms with Crippen LogP contribution < -0.4 is 0 Å². The summed E-state index contributed by atoms with van der Waals surface area (Å²) in [4.78, 5) is 0. The third-order valence-corrected chi connectivity index (χ3v) is 5.96. The first-order valence-corrected chi connectivity index (χ1v) is 12.1. The Morgan fingerprint density at radius 3 is 1.51 bits per heavy atom. The molecule has 4 rings (SSSR count). The average Bonchev–Trinajstić information content (AvgIpc) is 2.91. The van der Waals surface area contributed by atoms with Gasteiger partial charge in [-0.2, -0.15) is 0 Å². The highest BCUT2D eigenvalue weighted by Crippen LogP contribution is 2.31. The predicted molar refractivity (Wildman–Crippen MR) is 136 cm³/mol. The van der Waals surface area contributed by atoms with Crippen molar-refractivity contribution < 1.29 is 23.7 Å². The number of ether oxygens (including phenoxy) is 5. The van der Waals surface area contributed by atoms with Gasteiger partial charge >= 0.3 is 0 Å². The van der Waals surface area contributed by atoms with Crippen LogP contribution in [0.25, 0.3) is 0 Å². The molecule has 1 unspecified atom stereocenters. The molecule has 35 heavy (non-hydrogen) atoms. The van der Waals surface area contributed by atoms with E-state index in [0.29, 0.717) is 26.4 Å². The van der Waals surface area contributed by atoms with Gasteiger partial charge in [-0.05, 0) is 23.6 Å². The first-order valence-electron chi connectivity index (χ1n) is 12.1. The fourth-order valence-electron chi connectivity index (χ4n) is 4.17. The van der Waals surface area contributed by atoms with Gasteiger partial charge in [0.15, 0.2) is 6.29 Å². The molecule has 0 amide bonds. The van der Waals surface area contributed by atoms with Crippen LogP contribution in [0.5, 0.6) is 0 Å². The summed E-state index contributed by atoms with van der Waals surface area (Å²) in [7, 11) is 0. The summed E-state index contributed by atoms with van der Waals surface area (Å²) in [5.41, 5.74) is 3.24. The van der Waals surface area contributed by atoms with Crippen molar-refractivity contribution in [2.45, 2.75) is 57.5 Å². The summed E-state index contributed by atoms with van der Waals surface area (Å²) >= 11 is 0. The lowest BCUT2D eigenvalue weighted by Crippen LogP contribution is -2.60. The van der Waals surface area contributed by atoms with E-state index >= 15 is 0 Å². The quantitative estimate of drug-likeness (QED) is 0.316. The molecule has 1 fully saturated rings. The van der Waals surface area contributed by atoms with Crippen LogP contribution in [0.4, 0.5) is 0 Å². The van der Waals surface area contributed by atoms with Crippen LogP contribution in [0, 0.1) is 0 Å². The molecule has 0 saturated carbocycles. The Morgan fingerprint density at radius 2 is 1.06 bits per heavy atom. The van der Waals surface area contributed by atoms with Crippen LogP contribution in [0.2, 0.25) is 0 Å². The molecule has 1 saturated heterocycles. The number of hydrogen-bond acceptors (Lipinski definition) is 5. The van der Waals surface area contributed by atoms with Gasteiger partial charge in [0.25, 0.3) is 0 Å². The van der Waals surface area contributed by atoms with Gasteiger partial charge in [-0.25, -0.2) is 0 Å². The molecule has 0 aliphatic carbocycles. The summed E-state index contributed by atoms with van der Waals surface area (Å²) in [5, 5.41) is 0. The molecule has 0 N–H and O–H groups in total. The van der Waals surface area contributed by atoms with Crippen molar-refractivity contribution in [3.63, 3.8) is 0 Å². The Hall–Kier alpha value is -2.80. The van der Waals surface area contributed by atoms with E-state index in [1.165, 1.54) is 0 Å². The zero-order valence-corrected chi connectivity index (χ0v) is 20.2. The molecule has 0 spiro atoms. The van der Waals surface area contributed by atoms with Crippen LogP contribution in [-0.4, -0.2) is 37.3 Å². The van der Waals surface area contributed by atoms with Crippen molar-refractivity contribution in [2.24, 2.45) is 0 Å². The molecule has 0 radical (unpaired) electrons. The van der Waals surface area contributed by atoms with Crippen molar-refractivity contribution >= 4 is 0 Å². The minimum Gasteiger partial charge on any atom is -0.368 e. The van der Waals surface area contributed by atoms with Crippen molar-refractivity contribution in [1.29, 1.82) is 0 Å². The lowest BCUT2D eigenvalue weighted by Gasteiger charge is -2.45. The highest BCUT2D eigenvalue weighted by Gasteiger charge is 2.47. The van der Waals surface area contributed by atoms with Crippen molar-refractivity contribution in [3.8, 4) is 0 Å². The average molecular weight is 475 g/mol. The molecule has 1 heterocycles. The number of hydrogen-bond donors (Lipinski definition) is 0. The lowest BCUT2D eigenvalue weighted by atomic mass is 9.98. The SMILES string of the molecule is C=CCOC1O[C@@H](C)[C@H](OCc2ccccc2)[C@@H](OCc2ccccc2)[C@H]1OCc1ccccc1. The second-order valence-electron chi connectivity index (χ2n) is 8.62. The topological polar surface area (TPSA) is 46.2 Å². The third-order valence-electron chi connectivity index (χ3n) is 5.96. The van der Waals surface area contributed by atoms with Gasteiger partial charge in [0.05, 0.1) is 32.5 Å². The Morgan fingerprint density at radius 1 is 0.629 bits per heavy atom. The minimum atomic E-state index is -0.607. The van der Waals surface area contributed by atoms with Gasteiger partial charge in [-0.3, -0.25) is 0 Å². The monoisotopic (exact) mass is 474 g/mol. The third kappa shape index (κ3) is 7.34. The van der Waals surface area contributed by atoms with Gasteiger partial charge in [0.2, 0.25) is 0 Å². The largest absolute Gasteiger partial charge is 0.368 e. The van der Waals surface area contributed by atoms with Crippen LogP contribution in [-0.2, 0) is 43.5 Å². The molecule has 0 bridgehead atoms. The molecule has 5 nitrogen and oxygen atoms in total. The van der Waals surface area contributed by atoms with Crippen LogP contribution in [0.3, 0.4) is 0 Å². The maximum absolute atomic E-state index is 6.52. The summed E-state index contributed by atoms with van der Waals surface area (Å²) in [5.74, 6) is 0. The van der Waals surface area contributed by atoms with E-state index in [2.05, 4.69) is 6.58 Å². The van der Waals surface area contributed by atoms with E-state index < -0.39 is 18.5 Å². The minimum absolute atomic E-state index is 0.258. The number of rotatable bonds is 12. The maximum Gasteiger partial charge on any atom is 0.187 e. The van der Waals surface area contributed by atoms with Crippen LogP contribution in [0.15, 0.2) is 104 Å². The van der Waals surface area contributed by atoms with Gasteiger partial charge in [0, 0.05) is 0 Å². The molecular weight excluding hydrogens is 440 g/mol. The van der Waals surface area contributed by atoms with Crippen LogP contribution >= 0.6 is 0 Å². The summed E-state index contributed by atoms with van der Waals surface area (Å²) in [6.45, 7) is 7.42. The maximum atomic E-state index is 6.52. The summed E-state index contributed by atoms with van der Waals surface area (Å²) in [6.07, 6.45) is -0.393. The second kappa shape index (κ2) is 13.3. The van der Waals surface area contributed by atoms with Gasteiger partial charge in [-0.1, -0.05) is 97.1 Å². The second-order valence-corrected chi connectivity index (χ2v) is 8.62. The zero-order chi connectivity index (χ0) is 24.3. The fourth-order valence-corrected chi connectivity index (χ4v) is 4.17. The van der Waals surface area contributed by atoms with Crippen molar-refractivity contribution in [1.82, 2.24) is 0 Å². The summed E-state index contributed by atoms with van der Waals surface area (Å²) in [6, 6.07) is 30.3. The molecular formula is C30H34O5. The number of benzene rings is 3. The van der Waals surface area contributed by atoms with Gasteiger partial charge < -0.3 is 23.7 Å². The van der Waals surface area contributed by atoms with E-state index in [1.807, 2.05) is 97.9 Å². The first-order chi connectivity index (χ1) is 17.2. The molecule has 5 heteroatoms. The Balaban J connectivity index is 1.56. The molecule has 184 valence electrons. The van der Waals surface area contributed by atoms with Crippen molar-refractivity contribution in [3.05, 3.63) is 120 Å². The predicted octanol–water partition coefficient (Wildman–Crippen LogP) is 5.69. The standard InChI is InChI=1S/C30H34O5/c1-3-19-31-30-29(34-22-26-17-11-6-12-18-26)28(33-21-25-15-9-5-10-16-25)27(23(2)35-30)32-20-24-13-7-4-8-14-24/h3-18,23,27-30H,1,19-22H2,2H3/t23-,27-,28+,29+,30?/m0/s1. The molecule has 1 aliphatic rings. The Kier molecular flexibility index (Phi) is 9.64. The molecule has 5 atom stereocenters. The van der Waals surface area contributed by atoms with E-state index in [-0.39, 0.29) is 12.2 Å². The fraction of sp³-hybridized carbons (Fsp3) is 0.333. The first kappa shape index (κ1) is 25.3. The molecule has 1 aliphatic heterocycles. The highest BCUT2D eigenvalue weighted by atomic mass is 16.7. The Bertz CT molecular complexity index is 995. The van der Waals surface area contributed by atoms with Crippen molar-refractivity contribution in [2.75, 3.05) is 6.61 Å². The van der Waals surface area contributed by atoms with E-state index in [1.54, 1.807) is 6.08 Å². The van der Waals surface area contributed by atoms with E-state index in [0.717, 1.165) is 16.7 Å². The highest BCUT2D eigenvalue weighted by molar-refractivity contribution is 5.15. The van der Waals surface area contributed by atoms with E-state index in [9.17, 15) is 0 Å². The molecule has 3 aromatic carbocycles. The normalized spacial score (nSPS) is 24.2. The van der Waals surface area contributed by atoms with Gasteiger partial charge in [-0.15, -0.1) is 6.58 Å².